The van der Waals surface area contributed by atoms with E-state index in [4.69, 9.17) is 25.8 Å². The van der Waals surface area contributed by atoms with E-state index in [1.807, 2.05) is 12.1 Å². The lowest BCUT2D eigenvalue weighted by Crippen LogP contribution is -2.37. The first-order valence-corrected chi connectivity index (χ1v) is 11.4. The summed E-state index contributed by atoms with van der Waals surface area (Å²) in [5.74, 6) is -2.58. The summed E-state index contributed by atoms with van der Waals surface area (Å²) < 4.78 is 15.8. The highest BCUT2D eigenvalue weighted by molar-refractivity contribution is 6.30. The van der Waals surface area contributed by atoms with Gasteiger partial charge in [0.2, 0.25) is 0 Å². The minimum absolute atomic E-state index is 0.210. The quantitative estimate of drug-likeness (QED) is 0.456. The fraction of sp³-hybridized carbons (Fsp3) is 0.400. The zero-order chi connectivity index (χ0) is 24.0. The number of carbonyl (C=O) groups is 3. The predicted octanol–water partition coefficient (Wildman–Crippen LogP) is 4.06. The number of nitrogens with one attached hydrogen (secondary N) is 1. The summed E-state index contributed by atoms with van der Waals surface area (Å²) in [6, 6.07) is 12.6. The van der Waals surface area contributed by atoms with Crippen molar-refractivity contribution in [3.05, 3.63) is 70.2 Å². The first-order chi connectivity index (χ1) is 15.9. The number of esters is 3. The maximum atomic E-state index is 13.2. The van der Waals surface area contributed by atoms with Gasteiger partial charge in [-0.1, -0.05) is 35.9 Å². The fourth-order valence-corrected chi connectivity index (χ4v) is 4.34. The van der Waals surface area contributed by atoms with Gasteiger partial charge in [0.15, 0.2) is 0 Å². The van der Waals surface area contributed by atoms with Crippen molar-refractivity contribution in [1.29, 1.82) is 0 Å². The SMILES string of the molecule is CCOC(=O)c1ccc([C@H]2[C@@H](C(=O)OCC)[C@@H](c3ccc(Cl)cc3)N[C@H]2C(=O)OCC)cc1. The Hall–Kier alpha value is -2.90. The van der Waals surface area contributed by atoms with Crippen molar-refractivity contribution in [3.63, 3.8) is 0 Å². The average molecular weight is 474 g/mol. The Balaban J connectivity index is 2.05. The van der Waals surface area contributed by atoms with E-state index in [9.17, 15) is 14.4 Å². The van der Waals surface area contributed by atoms with Gasteiger partial charge >= 0.3 is 17.9 Å². The molecule has 1 saturated heterocycles. The lowest BCUT2D eigenvalue weighted by Gasteiger charge is -2.24. The third kappa shape index (κ3) is 5.54. The summed E-state index contributed by atoms with van der Waals surface area (Å²) in [6.07, 6.45) is 0. The number of hydrogen-bond acceptors (Lipinski definition) is 7. The van der Waals surface area contributed by atoms with Gasteiger partial charge in [-0.2, -0.15) is 0 Å². The lowest BCUT2D eigenvalue weighted by molar-refractivity contribution is -0.149. The topological polar surface area (TPSA) is 90.9 Å². The molecule has 2 aromatic rings. The van der Waals surface area contributed by atoms with E-state index in [2.05, 4.69) is 5.32 Å². The molecule has 4 atom stereocenters. The molecule has 0 bridgehead atoms. The first-order valence-electron chi connectivity index (χ1n) is 11.0. The van der Waals surface area contributed by atoms with Crippen LogP contribution in [0.3, 0.4) is 0 Å². The number of hydrogen-bond donors (Lipinski definition) is 1. The highest BCUT2D eigenvalue weighted by Gasteiger charge is 2.52. The van der Waals surface area contributed by atoms with Gasteiger partial charge in [0.25, 0.3) is 0 Å². The van der Waals surface area contributed by atoms with Crippen LogP contribution in [0.1, 0.15) is 54.2 Å². The predicted molar refractivity (Wildman–Crippen MR) is 123 cm³/mol. The number of benzene rings is 2. The van der Waals surface area contributed by atoms with Crippen molar-refractivity contribution in [2.24, 2.45) is 5.92 Å². The van der Waals surface area contributed by atoms with Gasteiger partial charge in [-0.3, -0.25) is 14.9 Å². The molecule has 0 aromatic heterocycles. The molecule has 0 unspecified atom stereocenters. The van der Waals surface area contributed by atoms with Gasteiger partial charge in [-0.15, -0.1) is 0 Å². The molecule has 3 rings (SSSR count). The maximum absolute atomic E-state index is 13.2. The Labute approximate surface area is 198 Å². The molecule has 0 amide bonds. The van der Waals surface area contributed by atoms with E-state index in [0.29, 0.717) is 16.1 Å². The zero-order valence-electron chi connectivity index (χ0n) is 18.9. The number of ether oxygens (including phenoxy) is 3. The molecule has 1 fully saturated rings. The molecule has 0 saturated carbocycles. The monoisotopic (exact) mass is 473 g/mol. The van der Waals surface area contributed by atoms with Crippen LogP contribution in [0.15, 0.2) is 48.5 Å². The second-order valence-corrected chi connectivity index (χ2v) is 8.01. The van der Waals surface area contributed by atoms with Crippen LogP contribution >= 0.6 is 11.6 Å². The van der Waals surface area contributed by atoms with Gasteiger partial charge in [0, 0.05) is 17.0 Å². The molecule has 2 aromatic carbocycles. The van der Waals surface area contributed by atoms with Crippen molar-refractivity contribution in [3.8, 4) is 0 Å². The van der Waals surface area contributed by atoms with Crippen molar-refractivity contribution in [1.82, 2.24) is 5.32 Å². The Morgan fingerprint density at radius 3 is 1.91 bits per heavy atom. The van der Waals surface area contributed by atoms with Gasteiger partial charge in [0.05, 0.1) is 31.3 Å². The summed E-state index contributed by atoms with van der Waals surface area (Å²) in [7, 11) is 0. The van der Waals surface area contributed by atoms with E-state index >= 15 is 0 Å². The summed E-state index contributed by atoms with van der Waals surface area (Å²) in [5, 5.41) is 3.86. The number of halogens is 1. The molecule has 33 heavy (non-hydrogen) atoms. The van der Waals surface area contributed by atoms with Crippen LogP contribution in [-0.4, -0.2) is 43.8 Å². The summed E-state index contributed by atoms with van der Waals surface area (Å²) in [5.41, 5.74) is 1.90. The molecule has 7 nitrogen and oxygen atoms in total. The van der Waals surface area contributed by atoms with Crippen LogP contribution in [-0.2, 0) is 23.8 Å². The summed E-state index contributed by atoms with van der Waals surface area (Å²) >= 11 is 6.05. The second kappa shape index (κ2) is 11.3. The minimum atomic E-state index is -0.784. The molecular weight excluding hydrogens is 446 g/mol. The van der Waals surface area contributed by atoms with Gasteiger partial charge < -0.3 is 14.2 Å². The van der Waals surface area contributed by atoms with Crippen LogP contribution in [0.4, 0.5) is 0 Å². The van der Waals surface area contributed by atoms with E-state index in [1.54, 1.807) is 57.2 Å². The van der Waals surface area contributed by atoms with E-state index in [0.717, 1.165) is 5.56 Å². The lowest BCUT2D eigenvalue weighted by atomic mass is 9.79. The molecule has 1 aliphatic heterocycles. The molecule has 1 N–H and O–H groups in total. The molecule has 8 heteroatoms. The third-order valence-electron chi connectivity index (χ3n) is 5.60. The van der Waals surface area contributed by atoms with Gasteiger partial charge in [0.1, 0.15) is 6.04 Å². The first kappa shape index (κ1) is 24.7. The van der Waals surface area contributed by atoms with Crippen LogP contribution in [0.5, 0.6) is 0 Å². The minimum Gasteiger partial charge on any atom is -0.466 e. The molecule has 0 spiro atoms. The van der Waals surface area contributed by atoms with Crippen molar-refractivity contribution in [2.45, 2.75) is 38.8 Å². The van der Waals surface area contributed by atoms with Gasteiger partial charge in [-0.25, -0.2) is 4.79 Å². The molecule has 1 aliphatic rings. The smallest absolute Gasteiger partial charge is 0.338 e. The van der Waals surface area contributed by atoms with Gasteiger partial charge in [-0.05, 0) is 56.2 Å². The molecular formula is C25H28ClNO6. The molecule has 1 heterocycles. The Morgan fingerprint density at radius 2 is 1.33 bits per heavy atom. The standard InChI is InChI=1S/C25H28ClNO6/c1-4-31-23(28)17-9-7-15(8-10-17)19-20(24(29)32-5-2)21(16-11-13-18(26)14-12-16)27-22(19)25(30)33-6-3/h7-14,19-22,27H,4-6H2,1-3H3/t19-,20+,21+,22+/m0/s1. The highest BCUT2D eigenvalue weighted by Crippen LogP contribution is 2.44. The van der Waals surface area contributed by atoms with Crippen molar-refractivity contribution >= 4 is 29.5 Å². The Morgan fingerprint density at radius 1 is 0.788 bits per heavy atom. The third-order valence-corrected chi connectivity index (χ3v) is 5.85. The average Bonchev–Trinajstić information content (AvgIpc) is 3.21. The van der Waals surface area contributed by atoms with Crippen LogP contribution in [0, 0.1) is 5.92 Å². The number of carbonyl (C=O) groups excluding carboxylic acids is 3. The highest BCUT2D eigenvalue weighted by atomic mass is 35.5. The second-order valence-electron chi connectivity index (χ2n) is 7.57. The molecule has 176 valence electrons. The van der Waals surface area contributed by atoms with Crippen molar-refractivity contribution in [2.75, 3.05) is 19.8 Å². The van der Waals surface area contributed by atoms with Crippen molar-refractivity contribution < 1.29 is 28.6 Å². The summed E-state index contributed by atoms with van der Waals surface area (Å²) in [6.45, 7) is 5.90. The number of rotatable bonds is 8. The normalized spacial score (nSPS) is 21.9. The maximum Gasteiger partial charge on any atom is 0.338 e. The largest absolute Gasteiger partial charge is 0.466 e. The molecule has 0 aliphatic carbocycles. The van der Waals surface area contributed by atoms with Crippen LogP contribution in [0.2, 0.25) is 5.02 Å². The van der Waals surface area contributed by atoms with E-state index in [1.165, 1.54) is 0 Å². The fourth-order valence-electron chi connectivity index (χ4n) is 4.21. The molecule has 0 radical (unpaired) electrons. The Kier molecular flexibility index (Phi) is 8.47. The Bertz CT molecular complexity index is 975. The van der Waals surface area contributed by atoms with E-state index in [-0.39, 0.29) is 19.8 Å². The van der Waals surface area contributed by atoms with Crippen LogP contribution < -0.4 is 5.32 Å². The van der Waals surface area contributed by atoms with Crippen LogP contribution in [0.25, 0.3) is 0 Å². The zero-order valence-corrected chi connectivity index (χ0v) is 19.6. The van der Waals surface area contributed by atoms with E-state index < -0.39 is 41.8 Å². The summed E-state index contributed by atoms with van der Waals surface area (Å²) in [4.78, 5) is 38.1.